The Morgan fingerprint density at radius 1 is 1.40 bits per heavy atom. The molecule has 1 aliphatic rings. The highest BCUT2D eigenvalue weighted by molar-refractivity contribution is 5.96. The average Bonchev–Trinajstić information content (AvgIpc) is 2.97. The average molecular weight is 270 g/mol. The number of hydrogen-bond donors (Lipinski definition) is 2. The van der Waals surface area contributed by atoms with Crippen molar-refractivity contribution >= 4 is 5.91 Å². The fourth-order valence-corrected chi connectivity index (χ4v) is 2.64. The molecule has 0 radical (unpaired) electrons. The fraction of sp³-hybridized carbons (Fsp3) is 0.471. The van der Waals surface area contributed by atoms with Crippen LogP contribution in [0.2, 0.25) is 0 Å². The lowest BCUT2D eigenvalue weighted by Gasteiger charge is -2.12. The van der Waals surface area contributed by atoms with E-state index in [1.54, 1.807) is 0 Å². The van der Waals surface area contributed by atoms with Crippen molar-refractivity contribution in [3.63, 3.8) is 0 Å². The maximum atomic E-state index is 12.3. The van der Waals surface area contributed by atoms with Gasteiger partial charge in [-0.1, -0.05) is 30.7 Å². The predicted molar refractivity (Wildman–Crippen MR) is 81.4 cm³/mol. The first-order valence-corrected chi connectivity index (χ1v) is 7.28. The number of rotatable bonds is 3. The minimum Gasteiger partial charge on any atom is -0.352 e. The third-order valence-corrected chi connectivity index (χ3v) is 3.84. The number of nitrogens with two attached hydrogens (primary N) is 1. The summed E-state index contributed by atoms with van der Waals surface area (Å²) < 4.78 is 0. The predicted octanol–water partition coefficient (Wildman–Crippen LogP) is 2.23. The molecule has 1 aliphatic carbocycles. The number of amides is 1. The second-order valence-electron chi connectivity index (χ2n) is 5.40. The Morgan fingerprint density at radius 3 is 2.85 bits per heavy atom. The largest absolute Gasteiger partial charge is 0.352 e. The van der Waals surface area contributed by atoms with Gasteiger partial charge in [-0.05, 0) is 43.4 Å². The van der Waals surface area contributed by atoms with Crippen LogP contribution in [0, 0.1) is 24.7 Å². The highest BCUT2D eigenvalue weighted by Gasteiger charge is 2.16. The number of benzene rings is 1. The molecule has 0 spiro atoms. The third-order valence-electron chi connectivity index (χ3n) is 3.84. The lowest BCUT2D eigenvalue weighted by Crippen LogP contribution is -2.28. The van der Waals surface area contributed by atoms with Crippen LogP contribution in [-0.2, 0) is 0 Å². The van der Waals surface area contributed by atoms with Crippen molar-refractivity contribution in [1.29, 1.82) is 0 Å². The summed E-state index contributed by atoms with van der Waals surface area (Å²) in [6.45, 7) is 3.07. The summed E-state index contributed by atoms with van der Waals surface area (Å²) in [6.07, 6.45) is 5.07. The third kappa shape index (κ3) is 3.85. The maximum Gasteiger partial charge on any atom is 0.251 e. The van der Waals surface area contributed by atoms with Crippen molar-refractivity contribution < 1.29 is 4.79 Å². The van der Waals surface area contributed by atoms with Gasteiger partial charge in [-0.2, -0.15) is 0 Å². The Morgan fingerprint density at radius 2 is 2.15 bits per heavy atom. The minimum absolute atomic E-state index is 0.00537. The van der Waals surface area contributed by atoms with E-state index in [1.165, 1.54) is 25.7 Å². The van der Waals surface area contributed by atoms with Crippen LogP contribution in [0.5, 0.6) is 0 Å². The van der Waals surface area contributed by atoms with Crippen molar-refractivity contribution in [2.45, 2.75) is 32.6 Å². The van der Waals surface area contributed by atoms with E-state index in [2.05, 4.69) is 17.2 Å². The second-order valence-corrected chi connectivity index (χ2v) is 5.40. The molecule has 20 heavy (non-hydrogen) atoms. The zero-order chi connectivity index (χ0) is 14.4. The van der Waals surface area contributed by atoms with Gasteiger partial charge in [0.15, 0.2) is 0 Å². The minimum atomic E-state index is 0.00537. The highest BCUT2D eigenvalue weighted by Crippen LogP contribution is 2.23. The number of hydrogen-bond acceptors (Lipinski definition) is 2. The molecule has 0 aliphatic heterocycles. The van der Waals surface area contributed by atoms with Gasteiger partial charge in [0.2, 0.25) is 0 Å². The van der Waals surface area contributed by atoms with Gasteiger partial charge >= 0.3 is 0 Å². The van der Waals surface area contributed by atoms with E-state index in [-0.39, 0.29) is 5.91 Å². The molecule has 1 saturated carbocycles. The Labute approximate surface area is 120 Å². The summed E-state index contributed by atoms with van der Waals surface area (Å²) >= 11 is 0. The van der Waals surface area contributed by atoms with E-state index in [1.807, 2.05) is 25.1 Å². The fourth-order valence-electron chi connectivity index (χ4n) is 2.64. The van der Waals surface area contributed by atoms with Gasteiger partial charge in [0.05, 0.1) is 6.54 Å². The van der Waals surface area contributed by atoms with Crippen molar-refractivity contribution in [2.24, 2.45) is 11.7 Å². The summed E-state index contributed by atoms with van der Waals surface area (Å²) in [7, 11) is 0. The van der Waals surface area contributed by atoms with Gasteiger partial charge in [0, 0.05) is 17.7 Å². The van der Waals surface area contributed by atoms with Gasteiger partial charge in [-0.15, -0.1) is 0 Å². The molecule has 3 nitrogen and oxygen atoms in total. The van der Waals surface area contributed by atoms with Crippen LogP contribution in [0.1, 0.15) is 47.2 Å². The lowest BCUT2D eigenvalue weighted by atomic mass is 10.0. The first kappa shape index (κ1) is 14.6. The van der Waals surface area contributed by atoms with E-state index >= 15 is 0 Å². The van der Waals surface area contributed by atoms with Crippen molar-refractivity contribution in [2.75, 3.05) is 13.1 Å². The van der Waals surface area contributed by atoms with Gasteiger partial charge < -0.3 is 11.1 Å². The van der Waals surface area contributed by atoms with Gasteiger partial charge in [0.1, 0.15) is 0 Å². The summed E-state index contributed by atoms with van der Waals surface area (Å²) in [4.78, 5) is 12.3. The van der Waals surface area contributed by atoms with Crippen LogP contribution in [0.4, 0.5) is 0 Å². The van der Waals surface area contributed by atoms with Gasteiger partial charge in [-0.3, -0.25) is 4.79 Å². The number of aryl methyl sites for hydroxylation is 1. The number of carbonyl (C=O) groups is 1. The monoisotopic (exact) mass is 270 g/mol. The summed E-state index contributed by atoms with van der Waals surface area (Å²) in [5.41, 5.74) is 7.90. The molecule has 1 aromatic rings. The van der Waals surface area contributed by atoms with Crippen LogP contribution < -0.4 is 11.1 Å². The van der Waals surface area contributed by atoms with E-state index in [0.717, 1.165) is 17.7 Å². The number of nitrogens with one attached hydrogen (secondary N) is 1. The second kappa shape index (κ2) is 7.12. The Bertz CT molecular complexity index is 534. The van der Waals surface area contributed by atoms with Gasteiger partial charge in [-0.25, -0.2) is 0 Å². The Kier molecular flexibility index (Phi) is 5.20. The van der Waals surface area contributed by atoms with Crippen molar-refractivity contribution in [3.8, 4) is 11.8 Å². The normalized spacial score (nSPS) is 14.7. The molecule has 0 atom stereocenters. The molecule has 0 saturated heterocycles. The SMILES string of the molecule is Cc1ccc(C#CCN)cc1C(=O)NCC1CCCC1. The highest BCUT2D eigenvalue weighted by atomic mass is 16.1. The maximum absolute atomic E-state index is 12.3. The first-order valence-electron chi connectivity index (χ1n) is 7.28. The molecule has 0 aromatic heterocycles. The smallest absolute Gasteiger partial charge is 0.251 e. The quantitative estimate of drug-likeness (QED) is 0.828. The molecule has 0 unspecified atom stereocenters. The molecule has 106 valence electrons. The molecule has 3 heteroatoms. The molecule has 1 amide bonds. The molecule has 1 aromatic carbocycles. The summed E-state index contributed by atoms with van der Waals surface area (Å²) in [5.74, 6) is 6.44. The van der Waals surface area contributed by atoms with Crippen LogP contribution in [0.3, 0.4) is 0 Å². The molecule has 0 bridgehead atoms. The first-order chi connectivity index (χ1) is 9.70. The van der Waals surface area contributed by atoms with E-state index in [0.29, 0.717) is 18.0 Å². The van der Waals surface area contributed by atoms with E-state index < -0.39 is 0 Å². The van der Waals surface area contributed by atoms with Crippen LogP contribution in [0.15, 0.2) is 18.2 Å². The molecule has 2 rings (SSSR count). The van der Waals surface area contributed by atoms with Crippen LogP contribution >= 0.6 is 0 Å². The number of carbonyl (C=O) groups excluding carboxylic acids is 1. The van der Waals surface area contributed by atoms with Gasteiger partial charge in [0.25, 0.3) is 5.91 Å². The zero-order valence-electron chi connectivity index (χ0n) is 12.0. The molecule has 0 heterocycles. The standard InChI is InChI=1S/C17H22N2O/c1-13-8-9-14(7-4-10-18)11-16(13)17(20)19-12-15-5-2-3-6-15/h8-9,11,15H,2-3,5-6,10,12,18H2,1H3,(H,19,20). The zero-order valence-corrected chi connectivity index (χ0v) is 12.0. The summed E-state index contributed by atoms with van der Waals surface area (Å²) in [6, 6.07) is 5.71. The van der Waals surface area contributed by atoms with E-state index in [4.69, 9.17) is 5.73 Å². The molecular formula is C17H22N2O. The van der Waals surface area contributed by atoms with Crippen molar-refractivity contribution in [1.82, 2.24) is 5.32 Å². The lowest BCUT2D eigenvalue weighted by molar-refractivity contribution is 0.0946. The Hall–Kier alpha value is -1.79. The molecule has 1 fully saturated rings. The van der Waals surface area contributed by atoms with E-state index in [9.17, 15) is 4.79 Å². The topological polar surface area (TPSA) is 55.1 Å². The molecular weight excluding hydrogens is 248 g/mol. The van der Waals surface area contributed by atoms with Crippen LogP contribution in [0.25, 0.3) is 0 Å². The van der Waals surface area contributed by atoms with Crippen molar-refractivity contribution in [3.05, 3.63) is 34.9 Å². The summed E-state index contributed by atoms with van der Waals surface area (Å²) in [5, 5.41) is 3.05. The Balaban J connectivity index is 2.03. The molecule has 3 N–H and O–H groups in total. The van der Waals surface area contributed by atoms with Crippen LogP contribution in [-0.4, -0.2) is 19.0 Å².